The molecule has 0 aliphatic carbocycles. The molecule has 26 heavy (non-hydrogen) atoms. The minimum atomic E-state index is -0.912. The first-order valence-electron chi connectivity index (χ1n) is 7.20. The van der Waals surface area contributed by atoms with Gasteiger partial charge in [-0.15, -0.1) is 0 Å². The lowest BCUT2D eigenvalue weighted by Gasteiger charge is -2.14. The lowest BCUT2D eigenvalue weighted by atomic mass is 9.95. The molecule has 1 heterocycles. The van der Waals surface area contributed by atoms with Gasteiger partial charge in [0.1, 0.15) is 0 Å². The van der Waals surface area contributed by atoms with E-state index < -0.39 is 23.9 Å². The van der Waals surface area contributed by atoms with Crippen LogP contribution in [0.15, 0.2) is 18.3 Å². The molecule has 0 amide bonds. The molecule has 136 valence electrons. The molecule has 1 aromatic carbocycles. The van der Waals surface area contributed by atoms with E-state index in [1.165, 1.54) is 12.1 Å². The number of ether oxygens (including phenoxy) is 4. The van der Waals surface area contributed by atoms with Crippen LogP contribution in [0.1, 0.15) is 41.4 Å². The quantitative estimate of drug-likeness (QED) is 0.588. The summed E-state index contributed by atoms with van der Waals surface area (Å²) >= 11 is 0. The van der Waals surface area contributed by atoms with Crippen molar-refractivity contribution in [1.82, 2.24) is 4.98 Å². The zero-order valence-corrected chi connectivity index (χ0v) is 14.4. The highest BCUT2D eigenvalue weighted by Crippen LogP contribution is 2.29. The summed E-state index contributed by atoms with van der Waals surface area (Å²) < 4.78 is 18.8. The number of hydrogen-bond donors (Lipinski definition) is 0. The van der Waals surface area contributed by atoms with Crippen LogP contribution < -0.4 is 0 Å². The summed E-state index contributed by atoms with van der Waals surface area (Å²) in [4.78, 5) is 52.9. The summed E-state index contributed by atoms with van der Waals surface area (Å²) in [5, 5.41) is -0.0745. The maximum Gasteiger partial charge on any atom is 0.340 e. The molecule has 0 N–H and O–H groups in total. The van der Waals surface area contributed by atoms with E-state index >= 15 is 0 Å². The zero-order chi connectivity index (χ0) is 19.4. The molecule has 0 atom stereocenters. The summed E-state index contributed by atoms with van der Waals surface area (Å²) in [6, 6.07) is 2.72. The normalized spacial score (nSPS) is 10.2. The smallest absolute Gasteiger partial charge is 0.340 e. The summed E-state index contributed by atoms with van der Waals surface area (Å²) in [6.07, 6.45) is 1.12. The van der Waals surface area contributed by atoms with Gasteiger partial charge in [0.2, 0.25) is 0 Å². The second-order valence-corrected chi connectivity index (χ2v) is 4.90. The Morgan fingerprint density at radius 3 is 1.65 bits per heavy atom. The fourth-order valence-corrected chi connectivity index (χ4v) is 2.46. The van der Waals surface area contributed by atoms with Crippen LogP contribution >= 0.6 is 0 Å². The highest BCUT2D eigenvalue weighted by molar-refractivity contribution is 6.20. The number of fused-ring (bicyclic) bond motifs is 1. The number of esters is 4. The van der Waals surface area contributed by atoms with E-state index in [0.29, 0.717) is 0 Å². The molecule has 1 aromatic heterocycles. The van der Waals surface area contributed by atoms with Crippen molar-refractivity contribution < 1.29 is 38.1 Å². The van der Waals surface area contributed by atoms with E-state index in [2.05, 4.69) is 14.5 Å². The fraction of sp³-hybridized carbons (Fsp3) is 0.235. The Bertz CT molecular complexity index is 848. The second kappa shape index (κ2) is 7.60. The molecule has 9 heteroatoms. The fourth-order valence-electron chi connectivity index (χ4n) is 2.46. The maximum absolute atomic E-state index is 12.4. The molecule has 0 fully saturated rings. The summed E-state index contributed by atoms with van der Waals surface area (Å²) in [7, 11) is 4.48. The molecule has 0 aliphatic heterocycles. The SMILES string of the molecule is COC(=O)c1ccc2ncc(C(=O)OC)c(C(=O)OC)c2c1C(=O)OC. The Hall–Kier alpha value is -3.49. The number of carbonyl (C=O) groups is 4. The number of pyridine rings is 1. The first-order valence-corrected chi connectivity index (χ1v) is 7.20. The third-order valence-corrected chi connectivity index (χ3v) is 3.63. The van der Waals surface area contributed by atoms with Crippen LogP contribution in [-0.4, -0.2) is 57.3 Å². The van der Waals surface area contributed by atoms with Crippen molar-refractivity contribution in [2.75, 3.05) is 28.4 Å². The van der Waals surface area contributed by atoms with Crippen molar-refractivity contribution in [2.24, 2.45) is 0 Å². The van der Waals surface area contributed by atoms with E-state index in [9.17, 15) is 19.2 Å². The first-order chi connectivity index (χ1) is 12.4. The Balaban J connectivity index is 3.07. The molecule has 0 saturated heterocycles. The Kier molecular flexibility index (Phi) is 5.51. The summed E-state index contributed by atoms with van der Waals surface area (Å²) in [6.45, 7) is 0. The summed E-state index contributed by atoms with van der Waals surface area (Å²) in [5.41, 5.74) is -0.739. The van der Waals surface area contributed by atoms with Crippen LogP contribution in [0.2, 0.25) is 0 Å². The van der Waals surface area contributed by atoms with E-state index in [1.807, 2.05) is 0 Å². The molecule has 0 spiro atoms. The van der Waals surface area contributed by atoms with Crippen LogP contribution in [-0.2, 0) is 18.9 Å². The number of benzene rings is 1. The second-order valence-electron chi connectivity index (χ2n) is 4.90. The monoisotopic (exact) mass is 361 g/mol. The Labute approximate surface area is 147 Å². The minimum absolute atomic E-state index is 0.0745. The van der Waals surface area contributed by atoms with Crippen LogP contribution in [0, 0.1) is 0 Å². The number of carbonyl (C=O) groups excluding carboxylic acids is 4. The Morgan fingerprint density at radius 2 is 1.15 bits per heavy atom. The lowest BCUT2D eigenvalue weighted by Crippen LogP contribution is -2.18. The average Bonchev–Trinajstić information content (AvgIpc) is 2.69. The predicted octanol–water partition coefficient (Wildman–Crippen LogP) is 1.38. The van der Waals surface area contributed by atoms with Gasteiger partial charge in [-0.25, -0.2) is 19.2 Å². The van der Waals surface area contributed by atoms with E-state index in [4.69, 9.17) is 9.47 Å². The van der Waals surface area contributed by atoms with Crippen molar-refractivity contribution in [3.05, 3.63) is 40.6 Å². The standard InChI is InChI=1S/C17H15NO8/c1-23-14(19)8-5-6-10-13(11(8)16(21)25-3)12(17(22)26-4)9(7-18-10)15(20)24-2/h5-7H,1-4H3. The van der Waals surface area contributed by atoms with E-state index in [-0.39, 0.29) is 33.2 Å². The van der Waals surface area contributed by atoms with Gasteiger partial charge in [0.05, 0.1) is 56.2 Å². The molecule has 0 radical (unpaired) electrons. The topological polar surface area (TPSA) is 118 Å². The Morgan fingerprint density at radius 1 is 0.692 bits per heavy atom. The molecule has 0 unspecified atom stereocenters. The third-order valence-electron chi connectivity index (χ3n) is 3.63. The molecule has 0 aliphatic rings. The van der Waals surface area contributed by atoms with Crippen LogP contribution in [0.25, 0.3) is 10.9 Å². The van der Waals surface area contributed by atoms with Crippen LogP contribution in [0.4, 0.5) is 0 Å². The highest BCUT2D eigenvalue weighted by Gasteiger charge is 2.30. The highest BCUT2D eigenvalue weighted by atomic mass is 16.5. The van der Waals surface area contributed by atoms with E-state index in [1.54, 1.807) is 0 Å². The van der Waals surface area contributed by atoms with Crippen molar-refractivity contribution in [2.45, 2.75) is 0 Å². The molecule has 0 bridgehead atoms. The van der Waals surface area contributed by atoms with Crippen LogP contribution in [0.5, 0.6) is 0 Å². The van der Waals surface area contributed by atoms with Gasteiger partial charge < -0.3 is 18.9 Å². The van der Waals surface area contributed by atoms with Crippen molar-refractivity contribution >= 4 is 34.8 Å². The van der Waals surface area contributed by atoms with Crippen molar-refractivity contribution in [3.8, 4) is 0 Å². The van der Waals surface area contributed by atoms with Gasteiger partial charge in [0.25, 0.3) is 0 Å². The minimum Gasteiger partial charge on any atom is -0.465 e. The molecule has 0 saturated carbocycles. The molecular weight excluding hydrogens is 346 g/mol. The van der Waals surface area contributed by atoms with Crippen molar-refractivity contribution in [1.29, 1.82) is 0 Å². The van der Waals surface area contributed by atoms with Gasteiger partial charge in [-0.2, -0.15) is 0 Å². The largest absolute Gasteiger partial charge is 0.465 e. The zero-order valence-electron chi connectivity index (χ0n) is 14.4. The van der Waals surface area contributed by atoms with Gasteiger partial charge in [-0.1, -0.05) is 0 Å². The van der Waals surface area contributed by atoms with Gasteiger partial charge in [-0.05, 0) is 12.1 Å². The number of nitrogens with zero attached hydrogens (tertiary/aromatic N) is 1. The van der Waals surface area contributed by atoms with E-state index in [0.717, 1.165) is 34.6 Å². The third kappa shape index (κ3) is 3.06. The summed E-state index contributed by atoms with van der Waals surface area (Å²) in [5.74, 6) is -3.51. The number of rotatable bonds is 4. The predicted molar refractivity (Wildman–Crippen MR) is 87.1 cm³/mol. The van der Waals surface area contributed by atoms with Crippen LogP contribution in [0.3, 0.4) is 0 Å². The van der Waals surface area contributed by atoms with Gasteiger partial charge in [0, 0.05) is 11.6 Å². The van der Waals surface area contributed by atoms with Gasteiger partial charge >= 0.3 is 23.9 Å². The lowest BCUT2D eigenvalue weighted by molar-refractivity contribution is 0.0550. The van der Waals surface area contributed by atoms with Gasteiger partial charge in [0.15, 0.2) is 0 Å². The average molecular weight is 361 g/mol. The maximum atomic E-state index is 12.4. The molecule has 2 aromatic rings. The first kappa shape index (κ1) is 18.8. The number of hydrogen-bond acceptors (Lipinski definition) is 9. The van der Waals surface area contributed by atoms with Crippen molar-refractivity contribution in [3.63, 3.8) is 0 Å². The molecular formula is C17H15NO8. The molecule has 2 rings (SSSR count). The molecule has 9 nitrogen and oxygen atoms in total. The number of methoxy groups -OCH3 is 4. The number of aromatic nitrogens is 1. The van der Waals surface area contributed by atoms with Gasteiger partial charge in [-0.3, -0.25) is 4.98 Å².